The highest BCUT2D eigenvalue weighted by molar-refractivity contribution is 5.71. The summed E-state index contributed by atoms with van der Waals surface area (Å²) in [5.41, 5.74) is 0. The number of carbonyl (C=O) groups is 3. The third-order valence-electron chi connectivity index (χ3n) is 14.1. The van der Waals surface area contributed by atoms with Crippen molar-refractivity contribution in [2.45, 2.75) is 322 Å². The van der Waals surface area contributed by atoms with Crippen molar-refractivity contribution in [2.75, 3.05) is 13.2 Å². The zero-order valence-corrected chi connectivity index (χ0v) is 50.7. The van der Waals surface area contributed by atoms with Crippen LogP contribution in [0, 0.1) is 0 Å². The van der Waals surface area contributed by atoms with E-state index in [1.165, 1.54) is 161 Å². The molecule has 0 rings (SSSR count). The minimum absolute atomic E-state index is 0.0773. The number of allylic oxidation sites excluding steroid dienone is 16. The number of carbonyl (C=O) groups excluding carboxylic acids is 3. The highest BCUT2D eigenvalue weighted by atomic mass is 16.6. The summed E-state index contributed by atoms with van der Waals surface area (Å²) >= 11 is 0. The van der Waals surface area contributed by atoms with E-state index in [2.05, 4.69) is 118 Å². The van der Waals surface area contributed by atoms with E-state index in [4.69, 9.17) is 14.2 Å². The largest absolute Gasteiger partial charge is 0.462 e. The number of esters is 3. The van der Waals surface area contributed by atoms with Gasteiger partial charge in [0.2, 0.25) is 0 Å². The Hall–Kier alpha value is -3.67. The first-order chi connectivity index (χ1) is 38.0. The smallest absolute Gasteiger partial charge is 0.306 e. The van der Waals surface area contributed by atoms with E-state index < -0.39 is 6.10 Å². The lowest BCUT2D eigenvalue weighted by Crippen LogP contribution is -2.30. The molecule has 0 spiro atoms. The maximum Gasteiger partial charge on any atom is 0.306 e. The number of ether oxygens (including phenoxy) is 3. The second kappa shape index (κ2) is 64.9. The number of rotatable bonds is 59. The van der Waals surface area contributed by atoms with E-state index in [9.17, 15) is 14.4 Å². The van der Waals surface area contributed by atoms with E-state index in [-0.39, 0.29) is 31.1 Å². The molecule has 0 radical (unpaired) electrons. The third kappa shape index (κ3) is 63.0. The van der Waals surface area contributed by atoms with Crippen molar-refractivity contribution in [3.8, 4) is 0 Å². The lowest BCUT2D eigenvalue weighted by Gasteiger charge is -2.18. The lowest BCUT2D eigenvalue weighted by atomic mass is 10.0. The molecule has 0 fully saturated rings. The molecular formula is C71H122O6. The molecule has 6 heteroatoms. The van der Waals surface area contributed by atoms with Gasteiger partial charge in [0, 0.05) is 19.3 Å². The second-order valence-electron chi connectivity index (χ2n) is 21.6. The number of unbranched alkanes of at least 4 members (excludes halogenated alkanes) is 32. The molecule has 442 valence electrons. The van der Waals surface area contributed by atoms with E-state index in [1.54, 1.807) is 0 Å². The van der Waals surface area contributed by atoms with E-state index in [1.807, 2.05) is 0 Å². The van der Waals surface area contributed by atoms with Crippen LogP contribution in [0.4, 0.5) is 0 Å². The van der Waals surface area contributed by atoms with Gasteiger partial charge in [-0.1, -0.05) is 298 Å². The Morgan fingerprint density at radius 1 is 0.273 bits per heavy atom. The fourth-order valence-electron chi connectivity index (χ4n) is 9.25. The minimum Gasteiger partial charge on any atom is -0.462 e. The molecule has 0 aliphatic carbocycles. The van der Waals surface area contributed by atoms with Gasteiger partial charge in [-0.2, -0.15) is 0 Å². The van der Waals surface area contributed by atoms with Crippen molar-refractivity contribution in [3.05, 3.63) is 97.2 Å². The molecule has 0 aliphatic rings. The van der Waals surface area contributed by atoms with Crippen molar-refractivity contribution in [3.63, 3.8) is 0 Å². The normalized spacial score (nSPS) is 12.7. The van der Waals surface area contributed by atoms with Gasteiger partial charge >= 0.3 is 17.9 Å². The molecule has 0 N–H and O–H groups in total. The van der Waals surface area contributed by atoms with Gasteiger partial charge in [-0.05, 0) is 96.3 Å². The molecule has 0 saturated heterocycles. The highest BCUT2D eigenvalue weighted by Gasteiger charge is 2.19. The fraction of sp³-hybridized carbons (Fsp3) is 0.732. The summed E-state index contributed by atoms with van der Waals surface area (Å²) in [4.78, 5) is 38.0. The molecule has 0 amide bonds. The SMILES string of the molecule is CC/C=C\C/C=C\C/C=C\C/C=C\C/C=C\CCCCCCCCCCCCCCCCCCCCCC(=O)OCC(COC(=O)CCCCCCCCC)OC(=O)CCCCCCCCC/C=C\C/C=C\C/C=C\CC. The van der Waals surface area contributed by atoms with Gasteiger partial charge in [0.25, 0.3) is 0 Å². The summed E-state index contributed by atoms with van der Waals surface area (Å²) < 4.78 is 16.8. The Bertz CT molecular complexity index is 1510. The summed E-state index contributed by atoms with van der Waals surface area (Å²) in [5.74, 6) is -0.883. The van der Waals surface area contributed by atoms with Gasteiger partial charge < -0.3 is 14.2 Å². The molecule has 1 unspecified atom stereocenters. The number of hydrogen-bond acceptors (Lipinski definition) is 6. The molecule has 0 heterocycles. The van der Waals surface area contributed by atoms with Crippen molar-refractivity contribution >= 4 is 17.9 Å². The van der Waals surface area contributed by atoms with Gasteiger partial charge in [0.15, 0.2) is 6.10 Å². The summed E-state index contributed by atoms with van der Waals surface area (Å²) in [6.45, 7) is 6.39. The van der Waals surface area contributed by atoms with Crippen molar-refractivity contribution < 1.29 is 28.6 Å². The van der Waals surface area contributed by atoms with Crippen LogP contribution in [0.5, 0.6) is 0 Å². The van der Waals surface area contributed by atoms with Crippen LogP contribution in [0.15, 0.2) is 97.2 Å². The molecule has 1 atom stereocenters. The first-order valence-electron chi connectivity index (χ1n) is 32.7. The molecule has 0 saturated carbocycles. The quantitative estimate of drug-likeness (QED) is 0.0261. The van der Waals surface area contributed by atoms with Gasteiger partial charge in [0.05, 0.1) is 0 Å². The zero-order valence-electron chi connectivity index (χ0n) is 50.7. The molecular weight excluding hydrogens is 949 g/mol. The highest BCUT2D eigenvalue weighted by Crippen LogP contribution is 2.17. The van der Waals surface area contributed by atoms with Crippen LogP contribution in [0.3, 0.4) is 0 Å². The summed E-state index contributed by atoms with van der Waals surface area (Å²) in [7, 11) is 0. The van der Waals surface area contributed by atoms with Gasteiger partial charge in [-0.15, -0.1) is 0 Å². The monoisotopic (exact) mass is 1070 g/mol. The van der Waals surface area contributed by atoms with E-state index in [0.29, 0.717) is 19.3 Å². The average Bonchev–Trinajstić information content (AvgIpc) is 3.43. The van der Waals surface area contributed by atoms with Crippen LogP contribution in [-0.4, -0.2) is 37.2 Å². The van der Waals surface area contributed by atoms with Crippen LogP contribution >= 0.6 is 0 Å². The van der Waals surface area contributed by atoms with Crippen LogP contribution in [-0.2, 0) is 28.6 Å². The van der Waals surface area contributed by atoms with E-state index >= 15 is 0 Å². The topological polar surface area (TPSA) is 78.9 Å². The van der Waals surface area contributed by atoms with Crippen molar-refractivity contribution in [2.24, 2.45) is 0 Å². The van der Waals surface area contributed by atoms with Gasteiger partial charge in [-0.25, -0.2) is 0 Å². The molecule has 77 heavy (non-hydrogen) atoms. The Labute approximate surface area is 477 Å². The summed E-state index contributed by atoms with van der Waals surface area (Å²) in [6.07, 6.45) is 87.5. The maximum absolute atomic E-state index is 12.8. The summed E-state index contributed by atoms with van der Waals surface area (Å²) in [5, 5.41) is 0. The predicted molar refractivity (Wildman–Crippen MR) is 334 cm³/mol. The Morgan fingerprint density at radius 3 is 0.792 bits per heavy atom. The second-order valence-corrected chi connectivity index (χ2v) is 21.6. The Kier molecular flexibility index (Phi) is 61.8. The molecule has 0 aromatic carbocycles. The average molecular weight is 1070 g/mol. The van der Waals surface area contributed by atoms with Crippen LogP contribution in [0.2, 0.25) is 0 Å². The summed E-state index contributed by atoms with van der Waals surface area (Å²) in [6, 6.07) is 0. The Balaban J connectivity index is 3.99. The van der Waals surface area contributed by atoms with E-state index in [0.717, 1.165) is 116 Å². The van der Waals surface area contributed by atoms with Crippen LogP contribution < -0.4 is 0 Å². The van der Waals surface area contributed by atoms with Crippen LogP contribution in [0.25, 0.3) is 0 Å². The minimum atomic E-state index is -0.778. The molecule has 6 nitrogen and oxygen atoms in total. The lowest BCUT2D eigenvalue weighted by molar-refractivity contribution is -0.167. The molecule has 0 aromatic heterocycles. The fourth-order valence-corrected chi connectivity index (χ4v) is 9.25. The zero-order chi connectivity index (χ0) is 55.7. The Morgan fingerprint density at radius 2 is 0.506 bits per heavy atom. The van der Waals surface area contributed by atoms with Crippen molar-refractivity contribution in [1.82, 2.24) is 0 Å². The molecule has 0 aliphatic heterocycles. The first-order valence-corrected chi connectivity index (χ1v) is 32.7. The third-order valence-corrected chi connectivity index (χ3v) is 14.1. The first kappa shape index (κ1) is 73.3. The molecule has 0 bridgehead atoms. The standard InChI is InChI=1S/C71H122O6/c1-4-7-10-13-16-18-20-22-24-26-27-28-29-30-31-32-33-34-35-36-37-38-39-40-41-42-43-45-46-48-50-52-55-58-61-64-70(73)76-67-68(66-75-69(72)63-60-57-54-15-12-9-6-3)77-71(74)65-62-59-56-53-51-49-47-44-25-23-21-19-17-14-11-8-5-2/h7-8,10-11,16-19,22-25,27-28,30-31,68H,4-6,9,12-15,20-21,26,29,32-67H2,1-3H3/b10-7-,11-8-,18-16-,19-17-,24-22-,25-23-,28-27-,31-30-. The molecule has 0 aromatic rings. The van der Waals surface area contributed by atoms with Gasteiger partial charge in [0.1, 0.15) is 13.2 Å². The predicted octanol–water partition coefficient (Wildman–Crippen LogP) is 22.4. The van der Waals surface area contributed by atoms with Crippen LogP contribution in [0.1, 0.15) is 316 Å². The van der Waals surface area contributed by atoms with Crippen molar-refractivity contribution in [1.29, 1.82) is 0 Å². The van der Waals surface area contributed by atoms with Gasteiger partial charge in [-0.3, -0.25) is 14.4 Å². The maximum atomic E-state index is 12.8. The number of hydrogen-bond donors (Lipinski definition) is 0.